The Hall–Kier alpha value is -1.43. The third kappa shape index (κ3) is 1.52. The summed E-state index contributed by atoms with van der Waals surface area (Å²) in [6, 6.07) is 1.83. The molecule has 0 amide bonds. The van der Waals surface area contributed by atoms with E-state index in [2.05, 4.69) is 15.3 Å². The minimum Gasteiger partial charge on any atom is -0.408 e. The van der Waals surface area contributed by atoms with Gasteiger partial charge in [0.1, 0.15) is 5.69 Å². The predicted molar refractivity (Wildman–Crippen MR) is 48.6 cm³/mol. The van der Waals surface area contributed by atoms with Gasteiger partial charge < -0.3 is 4.42 Å². The Balaban J connectivity index is 2.40. The second-order valence-electron chi connectivity index (χ2n) is 2.47. The van der Waals surface area contributed by atoms with E-state index >= 15 is 0 Å². The molecule has 0 saturated carbocycles. The molecule has 0 radical (unpaired) electrons. The summed E-state index contributed by atoms with van der Waals surface area (Å²) in [5.74, 6) is 0.428. The minimum atomic E-state index is 0.265. The number of rotatable bonds is 2. The topological polar surface area (TPSA) is 59.6 Å². The fourth-order valence-electron chi connectivity index (χ4n) is 0.991. The number of nitrogens with one attached hydrogen (secondary N) is 1. The average molecular weight is 196 g/mol. The van der Waals surface area contributed by atoms with Crippen LogP contribution in [0, 0.1) is 4.84 Å². The van der Waals surface area contributed by atoms with Crippen LogP contribution in [-0.4, -0.2) is 20.0 Å². The lowest BCUT2D eigenvalue weighted by atomic mass is 10.4. The van der Waals surface area contributed by atoms with Gasteiger partial charge >= 0.3 is 0 Å². The van der Waals surface area contributed by atoms with Crippen molar-refractivity contribution in [3.8, 4) is 11.6 Å². The van der Waals surface area contributed by atoms with Gasteiger partial charge in [0.2, 0.25) is 0 Å². The zero-order valence-corrected chi connectivity index (χ0v) is 7.84. The molecule has 1 N–H and O–H groups in total. The molecular formula is C7H8N4OS. The van der Waals surface area contributed by atoms with E-state index in [9.17, 15) is 0 Å². The Morgan fingerprint density at radius 3 is 3.08 bits per heavy atom. The highest BCUT2D eigenvalue weighted by atomic mass is 32.1. The van der Waals surface area contributed by atoms with E-state index in [1.807, 2.05) is 19.2 Å². The predicted octanol–water partition coefficient (Wildman–Crippen LogP) is 1.62. The third-order valence-electron chi connectivity index (χ3n) is 1.62. The highest BCUT2D eigenvalue weighted by molar-refractivity contribution is 7.71. The number of hydrogen-bond donors (Lipinski definition) is 1. The summed E-state index contributed by atoms with van der Waals surface area (Å²) in [6.45, 7) is 2.84. The van der Waals surface area contributed by atoms with Crippen molar-refractivity contribution < 1.29 is 4.42 Å². The zero-order valence-electron chi connectivity index (χ0n) is 7.02. The van der Waals surface area contributed by atoms with Gasteiger partial charge in [-0.3, -0.25) is 4.68 Å². The molecule has 0 aliphatic carbocycles. The van der Waals surface area contributed by atoms with Crippen LogP contribution < -0.4 is 0 Å². The third-order valence-corrected chi connectivity index (χ3v) is 1.80. The lowest BCUT2D eigenvalue weighted by Crippen LogP contribution is -1.93. The summed E-state index contributed by atoms with van der Waals surface area (Å²) in [7, 11) is 0. The average Bonchev–Trinajstić information content (AvgIpc) is 2.71. The largest absolute Gasteiger partial charge is 0.408 e. The summed E-state index contributed by atoms with van der Waals surface area (Å²) in [5.41, 5.74) is 0.689. The second kappa shape index (κ2) is 3.14. The molecule has 6 heteroatoms. The SMILES string of the molecule is CCn1ccc(-c2n[nH]c(=S)o2)n1. The van der Waals surface area contributed by atoms with E-state index in [1.54, 1.807) is 4.68 Å². The molecule has 2 aromatic rings. The van der Waals surface area contributed by atoms with Crippen molar-refractivity contribution in [1.82, 2.24) is 20.0 Å². The molecule has 13 heavy (non-hydrogen) atoms. The van der Waals surface area contributed by atoms with Gasteiger partial charge in [0.05, 0.1) is 0 Å². The Kier molecular flexibility index (Phi) is 1.97. The van der Waals surface area contributed by atoms with Crippen molar-refractivity contribution in [3.63, 3.8) is 0 Å². The smallest absolute Gasteiger partial charge is 0.284 e. The van der Waals surface area contributed by atoms with Crippen molar-refractivity contribution in [2.75, 3.05) is 0 Å². The van der Waals surface area contributed by atoms with Gasteiger partial charge in [0, 0.05) is 12.7 Å². The number of aromatic nitrogens is 4. The van der Waals surface area contributed by atoms with Crippen LogP contribution in [0.3, 0.4) is 0 Å². The monoisotopic (exact) mass is 196 g/mol. The molecule has 0 aromatic carbocycles. The standard InChI is InChI=1S/C7H8N4OS/c1-2-11-4-3-5(10-11)6-8-9-7(13)12-6/h3-4H,2H2,1H3,(H,9,13). The van der Waals surface area contributed by atoms with Crippen LogP contribution in [0.1, 0.15) is 6.92 Å². The first-order valence-corrected chi connectivity index (χ1v) is 4.29. The van der Waals surface area contributed by atoms with Crippen LogP contribution in [0.5, 0.6) is 0 Å². The summed E-state index contributed by atoms with van der Waals surface area (Å²) >= 11 is 4.75. The first kappa shape index (κ1) is 8.18. The van der Waals surface area contributed by atoms with Gasteiger partial charge in [0.25, 0.3) is 10.7 Å². The molecule has 0 aliphatic rings. The molecule has 0 spiro atoms. The zero-order chi connectivity index (χ0) is 9.26. The number of aromatic amines is 1. The Morgan fingerprint density at radius 2 is 2.54 bits per heavy atom. The first-order valence-electron chi connectivity index (χ1n) is 3.89. The van der Waals surface area contributed by atoms with Crippen molar-refractivity contribution in [3.05, 3.63) is 17.1 Å². The van der Waals surface area contributed by atoms with E-state index in [0.29, 0.717) is 11.6 Å². The van der Waals surface area contributed by atoms with Gasteiger partial charge in [-0.2, -0.15) is 5.10 Å². The molecule has 5 nitrogen and oxygen atoms in total. The van der Waals surface area contributed by atoms with Crippen LogP contribution in [0.25, 0.3) is 11.6 Å². The maximum absolute atomic E-state index is 5.10. The van der Waals surface area contributed by atoms with Gasteiger partial charge in [-0.25, -0.2) is 5.10 Å². The molecule has 2 rings (SSSR count). The van der Waals surface area contributed by atoms with Gasteiger partial charge in [-0.05, 0) is 25.2 Å². The van der Waals surface area contributed by atoms with Crippen molar-refractivity contribution in [1.29, 1.82) is 0 Å². The number of hydrogen-bond acceptors (Lipinski definition) is 4. The van der Waals surface area contributed by atoms with Gasteiger partial charge in [-0.15, -0.1) is 5.10 Å². The van der Waals surface area contributed by atoms with E-state index in [1.165, 1.54) is 0 Å². The van der Waals surface area contributed by atoms with Crippen molar-refractivity contribution in [2.45, 2.75) is 13.5 Å². The number of nitrogens with zero attached hydrogens (tertiary/aromatic N) is 3. The van der Waals surface area contributed by atoms with E-state index in [4.69, 9.17) is 16.6 Å². The highest BCUT2D eigenvalue weighted by Crippen LogP contribution is 2.12. The van der Waals surface area contributed by atoms with Gasteiger partial charge in [0.15, 0.2) is 0 Å². The molecule has 2 aromatic heterocycles. The molecule has 68 valence electrons. The number of aryl methyl sites for hydroxylation is 1. The maximum atomic E-state index is 5.10. The van der Waals surface area contributed by atoms with Crippen LogP contribution >= 0.6 is 12.2 Å². The molecule has 0 aliphatic heterocycles. The Bertz CT molecular complexity index is 455. The maximum Gasteiger partial charge on any atom is 0.284 e. The quantitative estimate of drug-likeness (QED) is 0.741. The lowest BCUT2D eigenvalue weighted by Gasteiger charge is -1.90. The summed E-state index contributed by atoms with van der Waals surface area (Å²) in [5, 5.41) is 10.6. The lowest BCUT2D eigenvalue weighted by molar-refractivity contribution is 0.546. The van der Waals surface area contributed by atoms with Gasteiger partial charge in [-0.1, -0.05) is 0 Å². The highest BCUT2D eigenvalue weighted by Gasteiger charge is 2.06. The summed E-state index contributed by atoms with van der Waals surface area (Å²) in [6.07, 6.45) is 1.86. The Morgan fingerprint density at radius 1 is 1.69 bits per heavy atom. The minimum absolute atomic E-state index is 0.265. The van der Waals surface area contributed by atoms with Crippen molar-refractivity contribution >= 4 is 12.2 Å². The van der Waals surface area contributed by atoms with Crippen molar-refractivity contribution in [2.24, 2.45) is 0 Å². The Labute approximate surface area is 79.4 Å². The molecule has 0 saturated heterocycles. The molecule has 2 heterocycles. The fourth-order valence-corrected chi connectivity index (χ4v) is 1.12. The van der Waals surface area contributed by atoms with Crippen LogP contribution in [0.2, 0.25) is 0 Å². The molecule has 0 fully saturated rings. The molecule has 0 unspecified atom stereocenters. The molecule has 0 bridgehead atoms. The van der Waals surface area contributed by atoms with Crippen LogP contribution in [-0.2, 0) is 6.54 Å². The molecular weight excluding hydrogens is 188 g/mol. The van der Waals surface area contributed by atoms with E-state index in [-0.39, 0.29) is 4.84 Å². The van der Waals surface area contributed by atoms with E-state index < -0.39 is 0 Å². The molecule has 0 atom stereocenters. The summed E-state index contributed by atoms with van der Waals surface area (Å²) in [4.78, 5) is 0.265. The first-order chi connectivity index (χ1) is 6.29. The van der Waals surface area contributed by atoms with Crippen LogP contribution in [0.15, 0.2) is 16.7 Å². The number of H-pyrrole nitrogens is 1. The van der Waals surface area contributed by atoms with E-state index in [0.717, 1.165) is 6.54 Å². The fraction of sp³-hybridized carbons (Fsp3) is 0.286. The normalized spacial score (nSPS) is 10.5. The van der Waals surface area contributed by atoms with Crippen LogP contribution in [0.4, 0.5) is 0 Å². The summed E-state index contributed by atoms with van der Waals surface area (Å²) < 4.78 is 6.89. The second-order valence-corrected chi connectivity index (χ2v) is 2.85.